The quantitative estimate of drug-likeness (QED) is 0.539. The van der Waals surface area contributed by atoms with Gasteiger partial charge in [0.15, 0.2) is 0 Å². The highest BCUT2D eigenvalue weighted by atomic mass is 32.2. The average Bonchev–Trinajstić information content (AvgIpc) is 3.09. The van der Waals surface area contributed by atoms with Gasteiger partial charge in [-0.3, -0.25) is 19.8 Å². The van der Waals surface area contributed by atoms with E-state index in [0.29, 0.717) is 11.4 Å². The van der Waals surface area contributed by atoms with Crippen molar-refractivity contribution in [1.82, 2.24) is 20.2 Å². The number of sulfonamides is 1. The van der Waals surface area contributed by atoms with E-state index < -0.39 is 15.8 Å². The van der Waals surface area contributed by atoms with Crippen LogP contribution < -0.4 is 4.72 Å². The number of hydrogen-bond donors (Lipinski definition) is 2. The summed E-state index contributed by atoms with van der Waals surface area (Å²) in [5.74, 6) is -0.727. The lowest BCUT2D eigenvalue weighted by Gasteiger charge is -2.08. The number of aromatic amines is 1. The minimum atomic E-state index is -3.97. The van der Waals surface area contributed by atoms with Crippen molar-refractivity contribution in [2.45, 2.75) is 4.90 Å². The standard InChI is InChI=1S/C19H14FN5O2S/c20-13-9-16(12-21-11-13)28(26,27)25-15-5-7-19-17(10-15)18(23-24-19)6-4-14-3-1-2-8-22-14/h1-12,25H,(H,23,24)/b6-4+. The first-order valence-electron chi connectivity index (χ1n) is 8.22. The summed E-state index contributed by atoms with van der Waals surface area (Å²) in [5.41, 5.74) is 2.48. The van der Waals surface area contributed by atoms with Crippen LogP contribution in [0.3, 0.4) is 0 Å². The molecule has 0 aliphatic carbocycles. The Morgan fingerprint density at radius 1 is 1.07 bits per heavy atom. The van der Waals surface area contributed by atoms with Crippen LogP contribution in [-0.2, 0) is 10.0 Å². The fourth-order valence-electron chi connectivity index (χ4n) is 2.62. The summed E-state index contributed by atoms with van der Waals surface area (Å²) in [6.07, 6.45) is 7.32. The Morgan fingerprint density at radius 2 is 1.96 bits per heavy atom. The number of nitrogens with zero attached hydrogens (tertiary/aromatic N) is 3. The number of benzene rings is 1. The number of halogens is 1. The zero-order chi connectivity index (χ0) is 19.6. The first kappa shape index (κ1) is 17.8. The van der Waals surface area contributed by atoms with Crippen molar-refractivity contribution in [3.8, 4) is 0 Å². The maximum Gasteiger partial charge on any atom is 0.263 e. The molecule has 0 amide bonds. The fraction of sp³-hybridized carbons (Fsp3) is 0. The molecule has 0 fully saturated rings. The number of fused-ring (bicyclic) bond motifs is 1. The molecule has 1 aromatic carbocycles. The predicted molar refractivity (Wildman–Crippen MR) is 104 cm³/mol. The van der Waals surface area contributed by atoms with Gasteiger partial charge in [0.25, 0.3) is 10.0 Å². The van der Waals surface area contributed by atoms with Crippen molar-refractivity contribution < 1.29 is 12.8 Å². The van der Waals surface area contributed by atoms with Gasteiger partial charge in [0, 0.05) is 23.5 Å². The van der Waals surface area contributed by atoms with Crippen molar-refractivity contribution in [3.63, 3.8) is 0 Å². The molecule has 0 unspecified atom stereocenters. The van der Waals surface area contributed by atoms with E-state index >= 15 is 0 Å². The molecule has 4 rings (SSSR count). The van der Waals surface area contributed by atoms with Gasteiger partial charge in [-0.15, -0.1) is 0 Å². The van der Waals surface area contributed by atoms with Gasteiger partial charge in [-0.1, -0.05) is 6.07 Å². The molecule has 9 heteroatoms. The highest BCUT2D eigenvalue weighted by molar-refractivity contribution is 7.92. The lowest BCUT2D eigenvalue weighted by Crippen LogP contribution is -2.13. The monoisotopic (exact) mass is 395 g/mol. The molecule has 28 heavy (non-hydrogen) atoms. The minimum absolute atomic E-state index is 0.255. The Labute approximate surface area is 160 Å². The van der Waals surface area contributed by atoms with E-state index in [1.807, 2.05) is 24.3 Å². The first-order chi connectivity index (χ1) is 13.5. The van der Waals surface area contributed by atoms with Crippen LogP contribution in [0.2, 0.25) is 0 Å². The zero-order valence-electron chi connectivity index (χ0n) is 14.4. The molecule has 4 aromatic rings. The van der Waals surface area contributed by atoms with Crippen LogP contribution in [0.1, 0.15) is 11.4 Å². The van der Waals surface area contributed by atoms with E-state index in [1.165, 1.54) is 0 Å². The number of pyridine rings is 2. The SMILES string of the molecule is O=S(=O)(Nc1ccc2[nH]nc(/C=C/c3ccccn3)c2c1)c1cncc(F)c1. The summed E-state index contributed by atoms with van der Waals surface area (Å²) in [7, 11) is -3.97. The Bertz CT molecular complexity index is 1270. The summed E-state index contributed by atoms with van der Waals surface area (Å²) < 4.78 is 40.7. The molecular weight excluding hydrogens is 381 g/mol. The lowest BCUT2D eigenvalue weighted by molar-refractivity contribution is 0.592. The van der Waals surface area contributed by atoms with Gasteiger partial charge in [0.05, 0.1) is 23.1 Å². The van der Waals surface area contributed by atoms with E-state index in [1.54, 1.807) is 30.5 Å². The second-order valence-electron chi connectivity index (χ2n) is 5.90. The van der Waals surface area contributed by atoms with Crippen molar-refractivity contribution >= 4 is 38.8 Å². The van der Waals surface area contributed by atoms with E-state index in [4.69, 9.17) is 0 Å². The van der Waals surface area contributed by atoms with Crippen LogP contribution in [-0.4, -0.2) is 28.6 Å². The fourth-order valence-corrected chi connectivity index (χ4v) is 3.64. The van der Waals surface area contributed by atoms with Crippen LogP contribution in [0, 0.1) is 5.82 Å². The Morgan fingerprint density at radius 3 is 2.75 bits per heavy atom. The maximum atomic E-state index is 13.3. The van der Waals surface area contributed by atoms with E-state index in [-0.39, 0.29) is 4.90 Å². The maximum absolute atomic E-state index is 13.3. The largest absolute Gasteiger partial charge is 0.280 e. The minimum Gasteiger partial charge on any atom is -0.280 e. The second-order valence-corrected chi connectivity index (χ2v) is 7.58. The number of hydrogen-bond acceptors (Lipinski definition) is 5. The van der Waals surface area contributed by atoms with Crippen LogP contribution in [0.15, 0.2) is 66.0 Å². The van der Waals surface area contributed by atoms with Crippen molar-refractivity contribution in [1.29, 1.82) is 0 Å². The molecule has 0 aliphatic heterocycles. The Balaban J connectivity index is 1.65. The number of anilines is 1. The zero-order valence-corrected chi connectivity index (χ0v) is 15.2. The van der Waals surface area contributed by atoms with E-state index in [2.05, 4.69) is 24.9 Å². The molecule has 0 saturated heterocycles. The third-order valence-corrected chi connectivity index (χ3v) is 5.28. The van der Waals surface area contributed by atoms with Gasteiger partial charge < -0.3 is 0 Å². The van der Waals surface area contributed by atoms with Crippen molar-refractivity contribution in [2.24, 2.45) is 0 Å². The van der Waals surface area contributed by atoms with Crippen molar-refractivity contribution in [3.05, 3.63) is 78.3 Å². The summed E-state index contributed by atoms with van der Waals surface area (Å²) >= 11 is 0. The molecule has 0 saturated carbocycles. The van der Waals surface area contributed by atoms with Crippen LogP contribution in [0.25, 0.3) is 23.1 Å². The summed E-state index contributed by atoms with van der Waals surface area (Å²) in [6.45, 7) is 0. The Kier molecular flexibility index (Phi) is 4.58. The third kappa shape index (κ3) is 3.74. The van der Waals surface area contributed by atoms with E-state index in [0.717, 1.165) is 35.1 Å². The van der Waals surface area contributed by atoms with Gasteiger partial charge in [-0.05, 0) is 48.6 Å². The molecule has 0 aliphatic rings. The van der Waals surface area contributed by atoms with Gasteiger partial charge in [0.2, 0.25) is 0 Å². The van der Waals surface area contributed by atoms with Crippen LogP contribution in [0.4, 0.5) is 10.1 Å². The molecule has 7 nitrogen and oxygen atoms in total. The van der Waals surface area contributed by atoms with Crippen LogP contribution in [0.5, 0.6) is 0 Å². The van der Waals surface area contributed by atoms with Gasteiger partial charge >= 0.3 is 0 Å². The summed E-state index contributed by atoms with van der Waals surface area (Å²) in [4.78, 5) is 7.53. The molecule has 0 atom stereocenters. The molecular formula is C19H14FN5O2S. The first-order valence-corrected chi connectivity index (χ1v) is 9.70. The number of rotatable bonds is 5. The van der Waals surface area contributed by atoms with Crippen LogP contribution >= 0.6 is 0 Å². The lowest BCUT2D eigenvalue weighted by atomic mass is 10.2. The third-order valence-electron chi connectivity index (χ3n) is 3.93. The molecule has 0 spiro atoms. The number of H-pyrrole nitrogens is 1. The van der Waals surface area contributed by atoms with Crippen molar-refractivity contribution in [2.75, 3.05) is 4.72 Å². The average molecular weight is 395 g/mol. The summed E-state index contributed by atoms with van der Waals surface area (Å²) in [5, 5.41) is 7.86. The van der Waals surface area contributed by atoms with Gasteiger partial charge in [-0.25, -0.2) is 12.8 Å². The highest BCUT2D eigenvalue weighted by Gasteiger charge is 2.16. The number of nitrogens with one attached hydrogen (secondary N) is 2. The molecule has 140 valence electrons. The molecule has 3 aromatic heterocycles. The smallest absolute Gasteiger partial charge is 0.263 e. The van der Waals surface area contributed by atoms with E-state index in [9.17, 15) is 12.8 Å². The molecule has 3 heterocycles. The second kappa shape index (κ2) is 7.20. The molecule has 0 radical (unpaired) electrons. The predicted octanol–water partition coefficient (Wildman–Crippen LogP) is 3.46. The highest BCUT2D eigenvalue weighted by Crippen LogP contribution is 2.24. The normalized spacial score (nSPS) is 11.9. The molecule has 0 bridgehead atoms. The van der Waals surface area contributed by atoms with Gasteiger partial charge in [0.1, 0.15) is 10.7 Å². The Hall–Kier alpha value is -3.59. The molecule has 2 N–H and O–H groups in total. The number of aromatic nitrogens is 4. The van der Waals surface area contributed by atoms with Gasteiger partial charge in [-0.2, -0.15) is 5.10 Å². The summed E-state index contributed by atoms with van der Waals surface area (Å²) in [6, 6.07) is 11.4. The topological polar surface area (TPSA) is 101 Å².